The van der Waals surface area contributed by atoms with Crippen LogP contribution in [0.5, 0.6) is 0 Å². The molecule has 1 saturated heterocycles. The van der Waals surface area contributed by atoms with Crippen molar-refractivity contribution < 1.29 is 0 Å². The van der Waals surface area contributed by atoms with Crippen molar-refractivity contribution in [1.82, 2.24) is 24.4 Å². The zero-order valence-electron chi connectivity index (χ0n) is 13.8. The lowest BCUT2D eigenvalue weighted by Gasteiger charge is -2.35. The van der Waals surface area contributed by atoms with E-state index in [1.54, 1.807) is 0 Å². The molecule has 4 rings (SSSR count). The van der Waals surface area contributed by atoms with Crippen LogP contribution in [0.3, 0.4) is 0 Å². The number of piperazine rings is 1. The highest BCUT2D eigenvalue weighted by atomic mass is 15.3. The van der Waals surface area contributed by atoms with E-state index in [9.17, 15) is 0 Å². The van der Waals surface area contributed by atoms with Crippen LogP contribution < -0.4 is 4.90 Å². The molecular weight excluding hydrogens is 288 g/mol. The van der Waals surface area contributed by atoms with Gasteiger partial charge in [-0.15, -0.1) is 0 Å². The fourth-order valence-corrected chi connectivity index (χ4v) is 3.65. The van der Waals surface area contributed by atoms with Gasteiger partial charge < -0.3 is 9.47 Å². The lowest BCUT2D eigenvalue weighted by atomic mass is 10.1. The minimum Gasteiger partial charge on any atom is -0.338 e. The summed E-state index contributed by atoms with van der Waals surface area (Å²) >= 11 is 0. The summed E-state index contributed by atoms with van der Waals surface area (Å²) in [5, 5.41) is 0. The third-order valence-corrected chi connectivity index (χ3v) is 4.96. The van der Waals surface area contributed by atoms with Crippen molar-refractivity contribution in [3.05, 3.63) is 35.7 Å². The molecule has 2 aliphatic rings. The van der Waals surface area contributed by atoms with Gasteiger partial charge >= 0.3 is 0 Å². The predicted molar refractivity (Wildman–Crippen MR) is 89.4 cm³/mol. The minimum absolute atomic E-state index is 0.852. The van der Waals surface area contributed by atoms with E-state index in [0.717, 1.165) is 51.6 Å². The molecule has 0 aromatic carbocycles. The molecule has 2 aromatic rings. The molecule has 0 N–H and O–H groups in total. The van der Waals surface area contributed by atoms with Gasteiger partial charge in [-0.2, -0.15) is 0 Å². The Morgan fingerprint density at radius 2 is 1.78 bits per heavy atom. The first-order valence-corrected chi connectivity index (χ1v) is 8.60. The molecule has 0 atom stereocenters. The first-order valence-electron chi connectivity index (χ1n) is 8.60. The van der Waals surface area contributed by atoms with Gasteiger partial charge in [-0.25, -0.2) is 15.0 Å². The maximum absolute atomic E-state index is 4.79. The maximum atomic E-state index is 4.79. The van der Waals surface area contributed by atoms with Gasteiger partial charge in [-0.1, -0.05) is 0 Å². The smallest absolute Gasteiger partial charge is 0.225 e. The molecule has 6 nitrogen and oxygen atoms in total. The fourth-order valence-electron chi connectivity index (χ4n) is 3.65. The number of rotatable bonds is 3. The molecule has 4 heterocycles. The Kier molecular flexibility index (Phi) is 3.99. The fraction of sp³-hybridized carbons (Fsp3) is 0.588. The molecule has 0 bridgehead atoms. The molecular formula is C17H24N6. The normalized spacial score (nSPS) is 18.9. The average molecular weight is 312 g/mol. The Labute approximate surface area is 137 Å². The van der Waals surface area contributed by atoms with E-state index in [0.29, 0.717) is 0 Å². The van der Waals surface area contributed by atoms with Gasteiger partial charge in [-0.3, -0.25) is 4.90 Å². The lowest BCUT2D eigenvalue weighted by molar-refractivity contribution is 0.241. The molecule has 0 aliphatic carbocycles. The first kappa shape index (κ1) is 14.6. The highest BCUT2D eigenvalue weighted by molar-refractivity contribution is 5.29. The Morgan fingerprint density at radius 1 is 1.00 bits per heavy atom. The Hall–Kier alpha value is -1.95. The quantitative estimate of drug-likeness (QED) is 0.862. The zero-order valence-corrected chi connectivity index (χ0v) is 13.8. The molecule has 122 valence electrons. The van der Waals surface area contributed by atoms with Gasteiger partial charge in [0.05, 0.1) is 11.4 Å². The molecule has 0 unspecified atom stereocenters. The van der Waals surface area contributed by atoms with Gasteiger partial charge in [0.15, 0.2) is 0 Å². The first-order chi connectivity index (χ1) is 11.3. The second-order valence-corrected chi connectivity index (χ2v) is 6.48. The molecule has 0 radical (unpaired) electrons. The number of hydrogen-bond acceptors (Lipinski definition) is 5. The summed E-state index contributed by atoms with van der Waals surface area (Å²) in [5.41, 5.74) is 2.64. The van der Waals surface area contributed by atoms with E-state index >= 15 is 0 Å². The highest BCUT2D eigenvalue weighted by Gasteiger charge is 2.23. The van der Waals surface area contributed by atoms with Crippen molar-refractivity contribution in [2.75, 3.05) is 31.1 Å². The van der Waals surface area contributed by atoms with E-state index in [1.165, 1.54) is 30.1 Å². The molecule has 1 fully saturated rings. The highest BCUT2D eigenvalue weighted by Crippen LogP contribution is 2.21. The number of aryl methyl sites for hydroxylation is 2. The van der Waals surface area contributed by atoms with Crippen LogP contribution in [-0.4, -0.2) is 50.6 Å². The van der Waals surface area contributed by atoms with Crippen LogP contribution >= 0.6 is 0 Å². The van der Waals surface area contributed by atoms with Gasteiger partial charge in [0.1, 0.15) is 5.82 Å². The number of fused-ring (bicyclic) bond motifs is 1. The van der Waals surface area contributed by atoms with Crippen molar-refractivity contribution >= 4 is 5.95 Å². The lowest BCUT2D eigenvalue weighted by Crippen LogP contribution is -2.46. The molecule has 0 spiro atoms. The summed E-state index contributed by atoms with van der Waals surface area (Å²) < 4.78 is 2.46. The van der Waals surface area contributed by atoms with Crippen molar-refractivity contribution in [2.24, 2.45) is 0 Å². The van der Waals surface area contributed by atoms with Gasteiger partial charge in [0.2, 0.25) is 5.95 Å². The van der Waals surface area contributed by atoms with Crippen LogP contribution in [-0.2, 0) is 19.5 Å². The minimum atomic E-state index is 0.852. The molecule has 6 heteroatoms. The van der Waals surface area contributed by atoms with Crippen molar-refractivity contribution in [1.29, 1.82) is 0 Å². The van der Waals surface area contributed by atoms with Crippen LogP contribution in [0.15, 0.2) is 18.5 Å². The van der Waals surface area contributed by atoms with Crippen molar-refractivity contribution in [2.45, 2.75) is 39.3 Å². The van der Waals surface area contributed by atoms with E-state index in [-0.39, 0.29) is 0 Å². The maximum Gasteiger partial charge on any atom is 0.225 e. The predicted octanol–water partition coefficient (Wildman–Crippen LogP) is 1.64. The summed E-state index contributed by atoms with van der Waals surface area (Å²) in [6, 6.07) is 1.87. The Balaban J connectivity index is 1.41. The van der Waals surface area contributed by atoms with Crippen LogP contribution in [0.4, 0.5) is 5.95 Å². The largest absolute Gasteiger partial charge is 0.338 e. The van der Waals surface area contributed by atoms with Crippen LogP contribution in [0.2, 0.25) is 0 Å². The van der Waals surface area contributed by atoms with E-state index in [4.69, 9.17) is 4.98 Å². The summed E-state index contributed by atoms with van der Waals surface area (Å²) in [6.45, 7) is 8.41. The number of nitrogens with zero attached hydrogens (tertiary/aromatic N) is 6. The van der Waals surface area contributed by atoms with E-state index in [1.807, 2.05) is 18.5 Å². The average Bonchev–Trinajstić information content (AvgIpc) is 2.92. The third-order valence-electron chi connectivity index (χ3n) is 4.96. The monoisotopic (exact) mass is 312 g/mol. The van der Waals surface area contributed by atoms with Crippen LogP contribution in [0, 0.1) is 6.92 Å². The van der Waals surface area contributed by atoms with E-state index < -0.39 is 0 Å². The number of imidazole rings is 1. The van der Waals surface area contributed by atoms with Gasteiger partial charge in [0, 0.05) is 58.1 Å². The Morgan fingerprint density at radius 3 is 2.57 bits per heavy atom. The summed E-state index contributed by atoms with van der Waals surface area (Å²) in [7, 11) is 0. The molecule has 2 aromatic heterocycles. The second kappa shape index (κ2) is 6.28. The third kappa shape index (κ3) is 2.95. The molecule has 0 saturated carbocycles. The summed E-state index contributed by atoms with van der Waals surface area (Å²) in [4.78, 5) is 18.3. The molecule has 2 aliphatic heterocycles. The molecule has 0 amide bonds. The van der Waals surface area contributed by atoms with Crippen LogP contribution in [0.25, 0.3) is 0 Å². The van der Waals surface area contributed by atoms with Gasteiger partial charge in [-0.05, 0) is 25.8 Å². The summed E-state index contributed by atoms with van der Waals surface area (Å²) in [6.07, 6.45) is 7.34. The number of hydrogen-bond donors (Lipinski definition) is 0. The topological polar surface area (TPSA) is 50.1 Å². The van der Waals surface area contributed by atoms with Crippen molar-refractivity contribution in [3.63, 3.8) is 0 Å². The second-order valence-electron chi connectivity index (χ2n) is 6.48. The van der Waals surface area contributed by atoms with Crippen LogP contribution in [0.1, 0.15) is 30.1 Å². The van der Waals surface area contributed by atoms with Gasteiger partial charge in [0.25, 0.3) is 0 Å². The zero-order chi connectivity index (χ0) is 15.6. The summed E-state index contributed by atoms with van der Waals surface area (Å²) in [5.74, 6) is 2.14. The standard InChI is InChI=1S/C17H24N6/c1-14-15(23-8-3-2-5-16(23)20-14)13-21-9-11-22(12-10-21)17-18-6-4-7-19-17/h4,6-7H,2-3,5,8-13H2,1H3. The SMILES string of the molecule is Cc1nc2n(c1CN1CCN(c3ncccn3)CC1)CCCC2. The number of anilines is 1. The molecule has 23 heavy (non-hydrogen) atoms. The van der Waals surface area contributed by atoms with Crippen molar-refractivity contribution in [3.8, 4) is 0 Å². The Bertz CT molecular complexity index is 657. The number of aromatic nitrogens is 4. The van der Waals surface area contributed by atoms with E-state index in [2.05, 4.69) is 31.3 Å².